The molecule has 0 amide bonds. The number of hydrogen-bond acceptors (Lipinski definition) is 4. The van der Waals surface area contributed by atoms with Gasteiger partial charge in [0.1, 0.15) is 0 Å². The van der Waals surface area contributed by atoms with Gasteiger partial charge in [-0.1, -0.05) is 12.1 Å². The van der Waals surface area contributed by atoms with Gasteiger partial charge in [-0.2, -0.15) is 4.31 Å². The Morgan fingerprint density at radius 2 is 2.10 bits per heavy atom. The minimum Gasteiger partial charge on any atom is -0.383 e. The van der Waals surface area contributed by atoms with Crippen LogP contribution in [-0.4, -0.2) is 39.0 Å². The number of methoxy groups -OCH3 is 1. The summed E-state index contributed by atoms with van der Waals surface area (Å²) >= 11 is 0. The van der Waals surface area contributed by atoms with Crippen molar-refractivity contribution in [1.29, 1.82) is 0 Å². The number of hydrogen-bond donors (Lipinski definition) is 1. The van der Waals surface area contributed by atoms with Crippen molar-refractivity contribution >= 4 is 10.0 Å². The highest BCUT2D eigenvalue weighted by Crippen LogP contribution is 2.33. The summed E-state index contributed by atoms with van der Waals surface area (Å²) in [7, 11) is -1.89. The first kappa shape index (κ1) is 15.4. The lowest BCUT2D eigenvalue weighted by Gasteiger charge is -2.23. The maximum absolute atomic E-state index is 12.8. The zero-order valence-electron chi connectivity index (χ0n) is 12.0. The third-order valence-electron chi connectivity index (χ3n) is 3.67. The average molecular weight is 298 g/mol. The fourth-order valence-electron chi connectivity index (χ4n) is 2.33. The van der Waals surface area contributed by atoms with Gasteiger partial charge < -0.3 is 10.5 Å². The summed E-state index contributed by atoms with van der Waals surface area (Å²) in [5.74, 6) is 0. The minimum absolute atomic E-state index is 0.121. The molecule has 112 valence electrons. The molecule has 1 aliphatic rings. The predicted molar refractivity (Wildman–Crippen MR) is 77.9 cm³/mol. The normalized spacial score (nSPS) is 15.8. The van der Waals surface area contributed by atoms with Gasteiger partial charge in [0.25, 0.3) is 0 Å². The van der Waals surface area contributed by atoms with Gasteiger partial charge in [0.05, 0.1) is 11.5 Å². The summed E-state index contributed by atoms with van der Waals surface area (Å²) in [6.07, 6.45) is 1.86. The number of rotatable bonds is 7. The van der Waals surface area contributed by atoms with E-state index in [-0.39, 0.29) is 6.04 Å². The molecule has 1 saturated carbocycles. The highest BCUT2D eigenvalue weighted by molar-refractivity contribution is 7.89. The van der Waals surface area contributed by atoms with Gasteiger partial charge in [0.15, 0.2) is 0 Å². The molecule has 1 aromatic rings. The van der Waals surface area contributed by atoms with Gasteiger partial charge in [-0.05, 0) is 37.0 Å². The summed E-state index contributed by atoms with van der Waals surface area (Å²) in [6.45, 7) is 2.97. The van der Waals surface area contributed by atoms with Crippen LogP contribution in [0.1, 0.15) is 24.0 Å². The van der Waals surface area contributed by atoms with E-state index in [2.05, 4.69) is 0 Å². The van der Waals surface area contributed by atoms with Crippen LogP contribution in [0.4, 0.5) is 0 Å². The van der Waals surface area contributed by atoms with E-state index in [1.807, 2.05) is 13.0 Å². The van der Waals surface area contributed by atoms with E-state index in [4.69, 9.17) is 10.5 Å². The molecule has 1 fully saturated rings. The Kier molecular flexibility index (Phi) is 4.80. The molecule has 0 aliphatic heterocycles. The molecule has 1 aromatic carbocycles. The lowest BCUT2D eigenvalue weighted by atomic mass is 10.1. The summed E-state index contributed by atoms with van der Waals surface area (Å²) in [4.78, 5) is 0.364. The lowest BCUT2D eigenvalue weighted by molar-refractivity contribution is 0.177. The van der Waals surface area contributed by atoms with Gasteiger partial charge in [-0.3, -0.25) is 0 Å². The zero-order chi connectivity index (χ0) is 14.8. The number of benzene rings is 1. The summed E-state index contributed by atoms with van der Waals surface area (Å²) in [5.41, 5.74) is 7.28. The molecule has 0 atom stereocenters. The molecule has 0 bridgehead atoms. The fraction of sp³-hybridized carbons (Fsp3) is 0.571. The van der Waals surface area contributed by atoms with Crippen LogP contribution in [0.5, 0.6) is 0 Å². The smallest absolute Gasteiger partial charge is 0.243 e. The van der Waals surface area contributed by atoms with Crippen molar-refractivity contribution < 1.29 is 13.2 Å². The second-order valence-corrected chi connectivity index (χ2v) is 6.94. The van der Waals surface area contributed by atoms with Crippen molar-refractivity contribution in [3.05, 3.63) is 29.3 Å². The van der Waals surface area contributed by atoms with E-state index in [0.29, 0.717) is 24.6 Å². The van der Waals surface area contributed by atoms with Crippen molar-refractivity contribution in [3.63, 3.8) is 0 Å². The van der Waals surface area contributed by atoms with Gasteiger partial charge in [-0.15, -0.1) is 0 Å². The second-order valence-electron chi connectivity index (χ2n) is 5.08. The third-order valence-corrected chi connectivity index (χ3v) is 5.77. The molecular weight excluding hydrogens is 276 g/mol. The molecule has 0 unspecified atom stereocenters. The quantitative estimate of drug-likeness (QED) is 0.822. The number of ether oxygens (including phenoxy) is 1. The first-order chi connectivity index (χ1) is 9.52. The molecule has 1 aliphatic carbocycles. The van der Waals surface area contributed by atoms with Crippen LogP contribution in [0.15, 0.2) is 23.1 Å². The van der Waals surface area contributed by atoms with E-state index < -0.39 is 10.0 Å². The number of nitrogens with two attached hydrogens (primary N) is 1. The fourth-order valence-corrected chi connectivity index (χ4v) is 4.27. The van der Waals surface area contributed by atoms with Gasteiger partial charge >= 0.3 is 0 Å². The molecule has 0 aromatic heterocycles. The number of sulfonamides is 1. The zero-order valence-corrected chi connectivity index (χ0v) is 12.8. The van der Waals surface area contributed by atoms with Crippen molar-refractivity contribution in [3.8, 4) is 0 Å². The minimum atomic E-state index is -3.48. The Bertz CT molecular complexity index is 568. The maximum atomic E-state index is 12.8. The van der Waals surface area contributed by atoms with Crippen LogP contribution in [0.2, 0.25) is 0 Å². The predicted octanol–water partition coefficient (Wildman–Crippen LogP) is 1.25. The summed E-state index contributed by atoms with van der Waals surface area (Å²) in [5, 5.41) is 0. The average Bonchev–Trinajstić information content (AvgIpc) is 3.23. The Morgan fingerprint density at radius 3 is 2.65 bits per heavy atom. The van der Waals surface area contributed by atoms with Crippen LogP contribution in [0.25, 0.3) is 0 Å². The van der Waals surface area contributed by atoms with Crippen molar-refractivity contribution in [1.82, 2.24) is 4.31 Å². The SMILES string of the molecule is COCCN(C1CC1)S(=O)(=O)c1cccc(CN)c1C. The van der Waals surface area contributed by atoms with E-state index in [0.717, 1.165) is 24.0 Å². The van der Waals surface area contributed by atoms with Crippen LogP contribution in [-0.2, 0) is 21.3 Å². The molecule has 20 heavy (non-hydrogen) atoms. The lowest BCUT2D eigenvalue weighted by Crippen LogP contribution is -2.36. The molecule has 0 saturated heterocycles. The first-order valence-corrected chi connectivity index (χ1v) is 8.25. The molecule has 6 heteroatoms. The maximum Gasteiger partial charge on any atom is 0.243 e. The van der Waals surface area contributed by atoms with Crippen LogP contribution in [0, 0.1) is 6.92 Å². The Morgan fingerprint density at radius 1 is 1.40 bits per heavy atom. The second kappa shape index (κ2) is 6.22. The number of nitrogens with zero attached hydrogens (tertiary/aromatic N) is 1. The monoisotopic (exact) mass is 298 g/mol. The largest absolute Gasteiger partial charge is 0.383 e. The Hall–Kier alpha value is -0.950. The van der Waals surface area contributed by atoms with E-state index in [1.165, 1.54) is 0 Å². The van der Waals surface area contributed by atoms with Gasteiger partial charge in [0, 0.05) is 26.2 Å². The summed E-state index contributed by atoms with van der Waals surface area (Å²) < 4.78 is 32.3. The van der Waals surface area contributed by atoms with Crippen LogP contribution in [0.3, 0.4) is 0 Å². The van der Waals surface area contributed by atoms with Gasteiger partial charge in [-0.25, -0.2) is 8.42 Å². The Balaban J connectivity index is 2.37. The third kappa shape index (κ3) is 3.03. The van der Waals surface area contributed by atoms with Crippen LogP contribution < -0.4 is 5.73 Å². The van der Waals surface area contributed by atoms with E-state index >= 15 is 0 Å². The molecular formula is C14H22N2O3S. The molecule has 0 spiro atoms. The van der Waals surface area contributed by atoms with Gasteiger partial charge in [0.2, 0.25) is 10.0 Å². The Labute approximate surface area is 120 Å². The molecule has 2 rings (SSSR count). The highest BCUT2D eigenvalue weighted by Gasteiger charge is 2.38. The van der Waals surface area contributed by atoms with Crippen molar-refractivity contribution in [2.75, 3.05) is 20.3 Å². The standard InChI is InChI=1S/C14H22N2O3S/c1-11-12(10-15)4-3-5-14(11)20(17,18)16(8-9-19-2)13-6-7-13/h3-5,13H,6-10,15H2,1-2H3. The topological polar surface area (TPSA) is 72.6 Å². The van der Waals surface area contributed by atoms with Crippen LogP contribution >= 0.6 is 0 Å². The highest BCUT2D eigenvalue weighted by atomic mass is 32.2. The molecule has 0 radical (unpaired) electrons. The summed E-state index contributed by atoms with van der Waals surface area (Å²) in [6, 6.07) is 5.40. The van der Waals surface area contributed by atoms with Crippen molar-refractivity contribution in [2.24, 2.45) is 5.73 Å². The van der Waals surface area contributed by atoms with E-state index in [1.54, 1.807) is 23.5 Å². The molecule has 5 nitrogen and oxygen atoms in total. The first-order valence-electron chi connectivity index (χ1n) is 6.81. The molecule has 0 heterocycles. The van der Waals surface area contributed by atoms with E-state index in [9.17, 15) is 8.42 Å². The van der Waals surface area contributed by atoms with Crippen molar-refractivity contribution in [2.45, 2.75) is 37.2 Å². The molecule has 2 N–H and O–H groups in total.